The molecule has 0 spiro atoms. The molecular weight excluding hydrogens is 272 g/mol. The van der Waals surface area contributed by atoms with E-state index < -0.39 is 5.60 Å². The zero-order valence-electron chi connectivity index (χ0n) is 14.6. The fourth-order valence-electron chi connectivity index (χ4n) is 7.48. The highest BCUT2D eigenvalue weighted by Gasteiger charge is 2.63. The summed E-state index contributed by atoms with van der Waals surface area (Å²) >= 11 is 0. The average Bonchev–Trinajstić information content (AvgIpc) is 2.70. The Kier molecular flexibility index (Phi) is 3.32. The molecule has 0 amide bonds. The molecule has 0 aliphatic heterocycles. The number of rotatable bonds is 0. The van der Waals surface area contributed by atoms with Gasteiger partial charge in [-0.15, -0.1) is 0 Å². The summed E-state index contributed by atoms with van der Waals surface area (Å²) in [5, 5.41) is 21.0. The van der Waals surface area contributed by atoms with Gasteiger partial charge in [0.2, 0.25) is 0 Å². The molecule has 8 atom stereocenters. The zero-order valence-corrected chi connectivity index (χ0v) is 14.6. The van der Waals surface area contributed by atoms with Gasteiger partial charge in [0.25, 0.3) is 0 Å². The molecule has 0 aromatic carbocycles. The summed E-state index contributed by atoms with van der Waals surface area (Å²) < 4.78 is 0. The topological polar surface area (TPSA) is 40.5 Å². The smallest absolute Gasteiger partial charge is 0.0675 e. The molecule has 2 N–H and O–H groups in total. The minimum absolute atomic E-state index is 0.0457. The molecule has 0 bridgehead atoms. The normalized spacial score (nSPS) is 61.2. The van der Waals surface area contributed by atoms with E-state index in [0.717, 1.165) is 42.9 Å². The van der Waals surface area contributed by atoms with E-state index in [1.165, 1.54) is 38.5 Å². The van der Waals surface area contributed by atoms with Crippen molar-refractivity contribution in [1.29, 1.82) is 0 Å². The quantitative estimate of drug-likeness (QED) is 0.706. The van der Waals surface area contributed by atoms with E-state index in [0.29, 0.717) is 5.41 Å². The van der Waals surface area contributed by atoms with Crippen LogP contribution in [0.2, 0.25) is 0 Å². The van der Waals surface area contributed by atoms with Crippen LogP contribution in [0.4, 0.5) is 0 Å². The van der Waals surface area contributed by atoms with E-state index in [1.54, 1.807) is 0 Å². The van der Waals surface area contributed by atoms with Gasteiger partial charge in [0.1, 0.15) is 0 Å². The van der Waals surface area contributed by atoms with E-state index in [-0.39, 0.29) is 11.5 Å². The van der Waals surface area contributed by atoms with E-state index >= 15 is 0 Å². The highest BCUT2D eigenvalue weighted by atomic mass is 16.3. The molecule has 22 heavy (non-hydrogen) atoms. The second kappa shape index (κ2) is 4.72. The van der Waals surface area contributed by atoms with Gasteiger partial charge in [-0.05, 0) is 99.2 Å². The first-order chi connectivity index (χ1) is 10.3. The van der Waals surface area contributed by atoms with Gasteiger partial charge in [-0.2, -0.15) is 0 Å². The summed E-state index contributed by atoms with van der Waals surface area (Å²) in [5.74, 6) is 3.13. The predicted molar refractivity (Wildman–Crippen MR) is 88.4 cm³/mol. The lowest BCUT2D eigenvalue weighted by Gasteiger charge is -2.61. The number of hydrogen-bond donors (Lipinski definition) is 2. The minimum Gasteiger partial charge on any atom is -0.393 e. The Morgan fingerprint density at radius 3 is 2.32 bits per heavy atom. The molecular formula is C20H34O2. The average molecular weight is 306 g/mol. The zero-order chi connectivity index (χ0) is 15.8. The van der Waals surface area contributed by atoms with Crippen LogP contribution in [0.1, 0.15) is 78.6 Å². The highest BCUT2D eigenvalue weighted by molar-refractivity contribution is 5.12. The van der Waals surface area contributed by atoms with Crippen LogP contribution < -0.4 is 0 Å². The maximum atomic E-state index is 10.9. The molecule has 5 unspecified atom stereocenters. The van der Waals surface area contributed by atoms with Gasteiger partial charge in [0, 0.05) is 0 Å². The van der Waals surface area contributed by atoms with Gasteiger partial charge in [-0.1, -0.05) is 13.8 Å². The molecule has 2 heteroatoms. The van der Waals surface area contributed by atoms with Crippen molar-refractivity contribution in [3.63, 3.8) is 0 Å². The van der Waals surface area contributed by atoms with Crippen LogP contribution in [0.15, 0.2) is 0 Å². The summed E-state index contributed by atoms with van der Waals surface area (Å²) in [6.07, 6.45) is 10.6. The van der Waals surface area contributed by atoms with Crippen molar-refractivity contribution in [1.82, 2.24) is 0 Å². The van der Waals surface area contributed by atoms with Gasteiger partial charge in [-0.25, -0.2) is 0 Å². The first kappa shape index (κ1) is 15.4. The van der Waals surface area contributed by atoms with Crippen LogP contribution in [-0.2, 0) is 0 Å². The van der Waals surface area contributed by atoms with E-state index in [9.17, 15) is 10.2 Å². The van der Waals surface area contributed by atoms with Crippen LogP contribution in [-0.4, -0.2) is 21.9 Å². The van der Waals surface area contributed by atoms with E-state index in [1.807, 2.05) is 0 Å². The van der Waals surface area contributed by atoms with Crippen molar-refractivity contribution < 1.29 is 10.2 Å². The molecule has 4 aliphatic rings. The van der Waals surface area contributed by atoms with Gasteiger partial charge >= 0.3 is 0 Å². The molecule has 4 saturated carbocycles. The SMILES string of the molecule is CC12CC[C@@H](O)C[C@H]1CCC1C2CCC2(C)C1CC[C@]2(C)O. The number of aliphatic hydroxyl groups excluding tert-OH is 1. The predicted octanol–water partition coefficient (Wildman–Crippen LogP) is 4.14. The van der Waals surface area contributed by atoms with Gasteiger partial charge in [0.05, 0.1) is 11.7 Å². The Hall–Kier alpha value is -0.0800. The molecule has 4 fully saturated rings. The summed E-state index contributed by atoms with van der Waals surface area (Å²) in [7, 11) is 0. The third kappa shape index (κ3) is 1.86. The first-order valence-electron chi connectivity index (χ1n) is 9.68. The standard InChI is InChI=1S/C20H34O2/c1-18-9-6-14(21)12-13(18)4-5-15-16(18)7-10-19(2)17(15)8-11-20(19,3)22/h13-17,21-22H,4-12H2,1-3H3/t13-,14-,15?,16?,17?,18?,19?,20+/m1/s1. The maximum absolute atomic E-state index is 10.9. The van der Waals surface area contributed by atoms with Gasteiger partial charge in [-0.3, -0.25) is 0 Å². The molecule has 0 aromatic rings. The molecule has 0 heterocycles. The van der Waals surface area contributed by atoms with Crippen molar-refractivity contribution in [2.45, 2.75) is 90.3 Å². The Morgan fingerprint density at radius 1 is 0.818 bits per heavy atom. The minimum atomic E-state index is -0.455. The Labute approximate surface area is 135 Å². The highest BCUT2D eigenvalue weighted by Crippen LogP contribution is 2.68. The maximum Gasteiger partial charge on any atom is 0.0675 e. The fourth-order valence-corrected chi connectivity index (χ4v) is 7.48. The molecule has 2 nitrogen and oxygen atoms in total. The van der Waals surface area contributed by atoms with Gasteiger partial charge < -0.3 is 10.2 Å². The molecule has 4 rings (SSSR count). The summed E-state index contributed by atoms with van der Waals surface area (Å²) in [6, 6.07) is 0. The van der Waals surface area contributed by atoms with E-state index in [2.05, 4.69) is 20.8 Å². The second-order valence-electron chi connectivity index (χ2n) is 9.85. The van der Waals surface area contributed by atoms with Crippen molar-refractivity contribution in [3.8, 4) is 0 Å². The fraction of sp³-hybridized carbons (Fsp3) is 1.00. The lowest BCUT2D eigenvalue weighted by molar-refractivity contribution is -0.153. The number of hydrogen-bond acceptors (Lipinski definition) is 2. The third-order valence-electron chi connectivity index (χ3n) is 9.20. The summed E-state index contributed by atoms with van der Waals surface area (Å²) in [6.45, 7) is 7.01. The van der Waals surface area contributed by atoms with E-state index in [4.69, 9.17) is 0 Å². The third-order valence-corrected chi connectivity index (χ3v) is 9.20. The Bertz CT molecular complexity index is 459. The monoisotopic (exact) mass is 306 g/mol. The molecule has 4 aliphatic carbocycles. The van der Waals surface area contributed by atoms with Crippen molar-refractivity contribution in [2.75, 3.05) is 0 Å². The number of aliphatic hydroxyl groups is 2. The van der Waals surface area contributed by atoms with Crippen LogP contribution in [0, 0.1) is 34.5 Å². The molecule has 0 aromatic heterocycles. The van der Waals surface area contributed by atoms with Crippen LogP contribution in [0.3, 0.4) is 0 Å². The summed E-state index contributed by atoms with van der Waals surface area (Å²) in [5.41, 5.74) is 0.145. The van der Waals surface area contributed by atoms with Crippen LogP contribution >= 0.6 is 0 Å². The lowest BCUT2D eigenvalue weighted by atomic mass is 9.44. The largest absolute Gasteiger partial charge is 0.393 e. The van der Waals surface area contributed by atoms with Crippen LogP contribution in [0.25, 0.3) is 0 Å². The van der Waals surface area contributed by atoms with Crippen molar-refractivity contribution in [3.05, 3.63) is 0 Å². The van der Waals surface area contributed by atoms with Gasteiger partial charge in [0.15, 0.2) is 0 Å². The second-order valence-corrected chi connectivity index (χ2v) is 9.85. The Balaban J connectivity index is 1.64. The van der Waals surface area contributed by atoms with Crippen molar-refractivity contribution in [2.24, 2.45) is 34.5 Å². The Morgan fingerprint density at radius 2 is 1.55 bits per heavy atom. The molecule has 0 saturated heterocycles. The molecule has 0 radical (unpaired) electrons. The lowest BCUT2D eigenvalue weighted by Crippen LogP contribution is -2.56. The molecule has 126 valence electrons. The number of fused-ring (bicyclic) bond motifs is 5. The van der Waals surface area contributed by atoms with Crippen LogP contribution in [0.5, 0.6) is 0 Å². The van der Waals surface area contributed by atoms with Crippen molar-refractivity contribution >= 4 is 0 Å². The summed E-state index contributed by atoms with van der Waals surface area (Å²) in [4.78, 5) is 0. The first-order valence-corrected chi connectivity index (χ1v) is 9.68.